The van der Waals surface area contributed by atoms with Crippen molar-refractivity contribution in [1.82, 2.24) is 0 Å². The summed E-state index contributed by atoms with van der Waals surface area (Å²) in [6.07, 6.45) is 5.21. The monoisotopic (exact) mass is 178 g/mol. The van der Waals surface area contributed by atoms with Crippen molar-refractivity contribution < 1.29 is 13.9 Å². The fourth-order valence-corrected chi connectivity index (χ4v) is 1.29. The Morgan fingerprint density at radius 2 is 2.31 bits per heavy atom. The van der Waals surface area contributed by atoms with E-state index in [-0.39, 0.29) is 12.6 Å². The summed E-state index contributed by atoms with van der Waals surface area (Å²) in [4.78, 5) is 0. The van der Waals surface area contributed by atoms with Crippen LogP contribution in [0.1, 0.15) is 11.1 Å². The molecule has 0 N–H and O–H groups in total. The molecule has 0 bridgehead atoms. The first-order chi connectivity index (χ1) is 6.31. The molecular weight excluding hydrogens is 171 g/mol. The molecule has 0 atom stereocenters. The van der Waals surface area contributed by atoms with Gasteiger partial charge < -0.3 is 9.47 Å². The average Bonchev–Trinajstić information content (AvgIpc) is 2.16. The lowest BCUT2D eigenvalue weighted by atomic mass is 10.1. The summed E-state index contributed by atoms with van der Waals surface area (Å²) in [5.74, 6) is 2.58. The van der Waals surface area contributed by atoms with Crippen LogP contribution >= 0.6 is 0 Å². The van der Waals surface area contributed by atoms with Crippen LogP contribution in [0.4, 0.5) is 4.39 Å². The second kappa shape index (κ2) is 3.08. The van der Waals surface area contributed by atoms with Crippen LogP contribution in [-0.2, 0) is 11.3 Å². The molecule has 3 heteroatoms. The number of halogens is 1. The lowest BCUT2D eigenvalue weighted by molar-refractivity contribution is -0.0167. The molecule has 1 aromatic rings. The molecule has 0 aliphatic carbocycles. The van der Waals surface area contributed by atoms with Crippen molar-refractivity contribution in [2.24, 2.45) is 0 Å². The Morgan fingerprint density at radius 1 is 1.46 bits per heavy atom. The van der Waals surface area contributed by atoms with Gasteiger partial charge in [-0.1, -0.05) is 5.92 Å². The summed E-state index contributed by atoms with van der Waals surface area (Å²) >= 11 is 0. The summed E-state index contributed by atoms with van der Waals surface area (Å²) in [5, 5.41) is 0. The molecule has 1 aliphatic heterocycles. The minimum atomic E-state index is -0.360. The largest absolute Gasteiger partial charge is 0.466 e. The first-order valence-electron chi connectivity index (χ1n) is 3.81. The standard InChI is InChI=1S/C10H7FO2/c1-2-7-3-9(11)4-8-5-12-6-13-10(7)8/h1,3-4H,5-6H2. The van der Waals surface area contributed by atoms with E-state index in [4.69, 9.17) is 15.9 Å². The molecule has 1 heterocycles. The maximum Gasteiger partial charge on any atom is 0.189 e. The number of rotatable bonds is 0. The first-order valence-corrected chi connectivity index (χ1v) is 3.81. The van der Waals surface area contributed by atoms with Gasteiger partial charge in [0.2, 0.25) is 0 Å². The Morgan fingerprint density at radius 3 is 3.08 bits per heavy atom. The summed E-state index contributed by atoms with van der Waals surface area (Å²) < 4.78 is 23.1. The van der Waals surface area contributed by atoms with Crippen LogP contribution in [-0.4, -0.2) is 6.79 Å². The van der Waals surface area contributed by atoms with Crippen molar-refractivity contribution in [2.75, 3.05) is 6.79 Å². The third-order valence-electron chi connectivity index (χ3n) is 1.83. The Balaban J connectivity index is 2.58. The lowest BCUT2D eigenvalue weighted by Gasteiger charge is -2.18. The zero-order chi connectivity index (χ0) is 9.26. The second-order valence-corrected chi connectivity index (χ2v) is 2.70. The molecule has 0 radical (unpaired) electrons. The fourth-order valence-electron chi connectivity index (χ4n) is 1.29. The third kappa shape index (κ3) is 1.36. The minimum absolute atomic E-state index is 0.174. The van der Waals surface area contributed by atoms with Crippen molar-refractivity contribution >= 4 is 0 Å². The Hall–Kier alpha value is -1.53. The van der Waals surface area contributed by atoms with Gasteiger partial charge in [-0.25, -0.2) is 4.39 Å². The van der Waals surface area contributed by atoms with E-state index < -0.39 is 0 Å². The van der Waals surface area contributed by atoms with Crippen LogP contribution in [0.25, 0.3) is 0 Å². The molecule has 0 fully saturated rings. The maximum absolute atomic E-state index is 12.9. The van der Waals surface area contributed by atoms with Gasteiger partial charge in [-0.05, 0) is 12.1 Å². The topological polar surface area (TPSA) is 18.5 Å². The van der Waals surface area contributed by atoms with E-state index in [9.17, 15) is 4.39 Å². The number of ether oxygens (including phenoxy) is 2. The van der Waals surface area contributed by atoms with Gasteiger partial charge in [0.25, 0.3) is 0 Å². The van der Waals surface area contributed by atoms with E-state index in [1.54, 1.807) is 0 Å². The number of benzene rings is 1. The SMILES string of the molecule is C#Cc1cc(F)cc2c1OCOC2. The Bertz CT molecular complexity index is 379. The molecule has 0 spiro atoms. The summed E-state index contributed by atoms with van der Waals surface area (Å²) in [5.41, 5.74) is 1.11. The molecule has 66 valence electrons. The van der Waals surface area contributed by atoms with Gasteiger partial charge in [0, 0.05) is 5.56 Å². The van der Waals surface area contributed by atoms with Crippen LogP contribution < -0.4 is 4.74 Å². The van der Waals surface area contributed by atoms with E-state index in [0.717, 1.165) is 0 Å². The predicted octanol–water partition coefficient (Wildman–Crippen LogP) is 1.67. The van der Waals surface area contributed by atoms with Crippen LogP contribution in [0.2, 0.25) is 0 Å². The van der Waals surface area contributed by atoms with Gasteiger partial charge in [0.05, 0.1) is 12.2 Å². The third-order valence-corrected chi connectivity index (χ3v) is 1.83. The quantitative estimate of drug-likeness (QED) is 0.562. The van der Waals surface area contributed by atoms with E-state index in [2.05, 4.69) is 5.92 Å². The summed E-state index contributed by atoms with van der Waals surface area (Å²) in [6.45, 7) is 0.523. The molecule has 13 heavy (non-hydrogen) atoms. The molecule has 1 aromatic carbocycles. The molecule has 2 rings (SSSR count). The van der Waals surface area contributed by atoms with Crippen molar-refractivity contribution in [3.8, 4) is 18.1 Å². The van der Waals surface area contributed by atoms with E-state index >= 15 is 0 Å². The van der Waals surface area contributed by atoms with Gasteiger partial charge in [-0.2, -0.15) is 0 Å². The Labute approximate surface area is 75.3 Å². The zero-order valence-corrected chi connectivity index (χ0v) is 6.84. The van der Waals surface area contributed by atoms with E-state index in [1.807, 2.05) is 0 Å². The average molecular weight is 178 g/mol. The van der Waals surface area contributed by atoms with E-state index in [0.29, 0.717) is 23.5 Å². The number of hydrogen-bond donors (Lipinski definition) is 0. The summed E-state index contributed by atoms with van der Waals surface area (Å²) in [7, 11) is 0. The Kier molecular flexibility index (Phi) is 1.91. The number of hydrogen-bond acceptors (Lipinski definition) is 2. The van der Waals surface area contributed by atoms with Gasteiger partial charge in [0.15, 0.2) is 6.79 Å². The van der Waals surface area contributed by atoms with Gasteiger partial charge >= 0.3 is 0 Å². The number of terminal acetylenes is 1. The second-order valence-electron chi connectivity index (χ2n) is 2.70. The molecule has 0 aromatic heterocycles. The van der Waals surface area contributed by atoms with Crippen LogP contribution in [0, 0.1) is 18.2 Å². The van der Waals surface area contributed by atoms with Crippen molar-refractivity contribution in [1.29, 1.82) is 0 Å². The van der Waals surface area contributed by atoms with Gasteiger partial charge in [0.1, 0.15) is 11.6 Å². The molecule has 0 amide bonds. The summed E-state index contributed by atoms with van der Waals surface area (Å²) in [6, 6.07) is 2.65. The highest BCUT2D eigenvalue weighted by Gasteiger charge is 2.15. The lowest BCUT2D eigenvalue weighted by Crippen LogP contribution is -2.12. The van der Waals surface area contributed by atoms with Crippen molar-refractivity contribution in [3.05, 3.63) is 29.1 Å². The van der Waals surface area contributed by atoms with Crippen LogP contribution in [0.3, 0.4) is 0 Å². The normalized spacial score (nSPS) is 14.2. The molecule has 0 unspecified atom stereocenters. The van der Waals surface area contributed by atoms with E-state index in [1.165, 1.54) is 12.1 Å². The van der Waals surface area contributed by atoms with Gasteiger partial charge in [-0.3, -0.25) is 0 Å². The minimum Gasteiger partial charge on any atom is -0.466 e. The molecule has 1 aliphatic rings. The molecule has 0 saturated heterocycles. The molecule has 0 saturated carbocycles. The van der Waals surface area contributed by atoms with Crippen LogP contribution in [0.5, 0.6) is 5.75 Å². The first kappa shape index (κ1) is 8.09. The van der Waals surface area contributed by atoms with Gasteiger partial charge in [-0.15, -0.1) is 6.42 Å². The van der Waals surface area contributed by atoms with Crippen LogP contribution in [0.15, 0.2) is 12.1 Å². The highest BCUT2D eigenvalue weighted by atomic mass is 19.1. The fraction of sp³-hybridized carbons (Fsp3) is 0.200. The highest BCUT2D eigenvalue weighted by Crippen LogP contribution is 2.28. The highest BCUT2D eigenvalue weighted by molar-refractivity contribution is 5.50. The maximum atomic E-state index is 12.9. The zero-order valence-electron chi connectivity index (χ0n) is 6.84. The predicted molar refractivity (Wildman–Crippen MR) is 44.6 cm³/mol. The molecular formula is C10H7FO2. The van der Waals surface area contributed by atoms with Crippen molar-refractivity contribution in [3.63, 3.8) is 0 Å². The molecule has 2 nitrogen and oxygen atoms in total. The number of fused-ring (bicyclic) bond motifs is 1. The smallest absolute Gasteiger partial charge is 0.189 e. The van der Waals surface area contributed by atoms with Crippen molar-refractivity contribution in [2.45, 2.75) is 6.61 Å².